The molecule has 108 valence electrons. The van der Waals surface area contributed by atoms with Crippen LogP contribution in [-0.4, -0.2) is 0 Å². The average molecular weight is 311 g/mol. The molecule has 22 heavy (non-hydrogen) atoms. The zero-order chi connectivity index (χ0) is 15.3. The van der Waals surface area contributed by atoms with Crippen molar-refractivity contribution < 1.29 is 8.83 Å². The molecule has 0 aliphatic carbocycles. The highest BCUT2D eigenvalue weighted by Crippen LogP contribution is 2.31. The molecule has 2 heterocycles. The highest BCUT2D eigenvalue weighted by atomic mass is 35.5. The van der Waals surface area contributed by atoms with Gasteiger partial charge in [0.2, 0.25) is 0 Å². The van der Waals surface area contributed by atoms with Gasteiger partial charge in [0.05, 0.1) is 17.0 Å². The lowest BCUT2D eigenvalue weighted by atomic mass is 10.1. The summed E-state index contributed by atoms with van der Waals surface area (Å²) in [6.07, 6.45) is 1.67. The van der Waals surface area contributed by atoms with Crippen molar-refractivity contribution in [2.45, 2.75) is 6.92 Å². The first-order chi connectivity index (χ1) is 10.6. The van der Waals surface area contributed by atoms with Crippen LogP contribution in [0.5, 0.6) is 0 Å². The van der Waals surface area contributed by atoms with Crippen molar-refractivity contribution in [1.82, 2.24) is 0 Å². The van der Waals surface area contributed by atoms with E-state index in [0.29, 0.717) is 27.3 Å². The van der Waals surface area contributed by atoms with Gasteiger partial charge in [-0.2, -0.15) is 0 Å². The molecule has 2 aromatic heterocycles. The topological polar surface area (TPSA) is 43.4 Å². The van der Waals surface area contributed by atoms with Gasteiger partial charge in [-0.1, -0.05) is 11.6 Å². The molecule has 0 amide bonds. The molecule has 0 unspecified atom stereocenters. The fourth-order valence-electron chi connectivity index (χ4n) is 2.64. The molecule has 0 saturated carbocycles. The van der Waals surface area contributed by atoms with Gasteiger partial charge in [0.25, 0.3) is 0 Å². The Balaban J connectivity index is 2.09. The summed E-state index contributed by atoms with van der Waals surface area (Å²) >= 11 is 5.90. The van der Waals surface area contributed by atoms with E-state index in [-0.39, 0.29) is 5.43 Å². The van der Waals surface area contributed by atoms with E-state index in [1.165, 1.54) is 6.07 Å². The third kappa shape index (κ3) is 1.94. The SMILES string of the molecule is Cc1coc2ccc3c(=O)cc(-c4ccc(Cl)cc4)oc3c12. The van der Waals surface area contributed by atoms with Crippen molar-refractivity contribution in [3.63, 3.8) is 0 Å². The van der Waals surface area contributed by atoms with Crippen LogP contribution in [0.3, 0.4) is 0 Å². The van der Waals surface area contributed by atoms with Gasteiger partial charge in [0.15, 0.2) is 5.43 Å². The van der Waals surface area contributed by atoms with Crippen LogP contribution < -0.4 is 5.43 Å². The minimum atomic E-state index is -0.0753. The Kier molecular flexibility index (Phi) is 2.84. The van der Waals surface area contributed by atoms with Gasteiger partial charge in [0, 0.05) is 16.7 Å². The molecule has 0 fully saturated rings. The maximum Gasteiger partial charge on any atom is 0.193 e. The van der Waals surface area contributed by atoms with Crippen LogP contribution in [-0.2, 0) is 0 Å². The summed E-state index contributed by atoms with van der Waals surface area (Å²) < 4.78 is 11.5. The Labute approximate surface area is 130 Å². The van der Waals surface area contributed by atoms with Crippen molar-refractivity contribution in [2.24, 2.45) is 0 Å². The predicted octanol–water partition coefficient (Wildman–Crippen LogP) is 5.17. The van der Waals surface area contributed by atoms with E-state index in [0.717, 1.165) is 16.5 Å². The van der Waals surface area contributed by atoms with Gasteiger partial charge >= 0.3 is 0 Å². The number of fused-ring (bicyclic) bond motifs is 3. The summed E-state index contributed by atoms with van der Waals surface area (Å²) in [5.74, 6) is 0.516. The molecule has 2 aromatic carbocycles. The quantitative estimate of drug-likeness (QED) is 0.487. The first-order valence-corrected chi connectivity index (χ1v) is 7.22. The van der Waals surface area contributed by atoms with E-state index in [2.05, 4.69) is 0 Å². The Hall–Kier alpha value is -2.52. The summed E-state index contributed by atoms with van der Waals surface area (Å²) in [4.78, 5) is 12.4. The normalized spacial score (nSPS) is 11.4. The van der Waals surface area contributed by atoms with Gasteiger partial charge in [-0.05, 0) is 48.9 Å². The van der Waals surface area contributed by atoms with E-state index in [9.17, 15) is 4.79 Å². The van der Waals surface area contributed by atoms with E-state index in [4.69, 9.17) is 20.4 Å². The monoisotopic (exact) mass is 310 g/mol. The highest BCUT2D eigenvalue weighted by molar-refractivity contribution is 6.30. The molecule has 0 bridgehead atoms. The molecule has 0 radical (unpaired) electrons. The van der Waals surface area contributed by atoms with Crippen LogP contribution in [0.4, 0.5) is 0 Å². The number of furan rings is 1. The largest absolute Gasteiger partial charge is 0.464 e. The summed E-state index contributed by atoms with van der Waals surface area (Å²) in [7, 11) is 0. The van der Waals surface area contributed by atoms with Gasteiger partial charge in [-0.15, -0.1) is 0 Å². The Bertz CT molecular complexity index is 1060. The van der Waals surface area contributed by atoms with Gasteiger partial charge < -0.3 is 8.83 Å². The summed E-state index contributed by atoms with van der Waals surface area (Å²) in [5, 5.41) is 2.03. The predicted molar refractivity (Wildman–Crippen MR) is 87.4 cm³/mol. The minimum absolute atomic E-state index is 0.0753. The van der Waals surface area contributed by atoms with E-state index >= 15 is 0 Å². The fourth-order valence-corrected chi connectivity index (χ4v) is 2.77. The number of benzene rings is 2. The molecule has 0 saturated heterocycles. The Morgan fingerprint density at radius 1 is 1.05 bits per heavy atom. The maximum absolute atomic E-state index is 12.4. The van der Waals surface area contributed by atoms with Crippen molar-refractivity contribution in [3.8, 4) is 11.3 Å². The summed E-state index contributed by atoms with van der Waals surface area (Å²) in [6, 6.07) is 12.2. The minimum Gasteiger partial charge on any atom is -0.464 e. The van der Waals surface area contributed by atoms with E-state index in [1.54, 1.807) is 30.5 Å². The summed E-state index contributed by atoms with van der Waals surface area (Å²) in [6.45, 7) is 1.93. The second-order valence-corrected chi connectivity index (χ2v) is 5.65. The molecule has 0 N–H and O–H groups in total. The molecule has 0 aliphatic rings. The first-order valence-electron chi connectivity index (χ1n) is 6.84. The van der Waals surface area contributed by atoms with Crippen molar-refractivity contribution >= 4 is 33.5 Å². The first kappa shape index (κ1) is 13.2. The second-order valence-electron chi connectivity index (χ2n) is 5.22. The van der Waals surface area contributed by atoms with Crippen LogP contribution in [0.2, 0.25) is 5.02 Å². The van der Waals surface area contributed by atoms with Crippen LogP contribution in [0.15, 0.2) is 62.4 Å². The number of aryl methyl sites for hydroxylation is 1. The molecular weight excluding hydrogens is 300 g/mol. The standard InChI is InChI=1S/C18H11ClO3/c1-10-9-21-15-7-6-13-14(20)8-16(22-18(13)17(10)15)11-2-4-12(19)5-3-11/h2-9H,1H3. The average Bonchev–Trinajstić information content (AvgIpc) is 2.90. The molecule has 3 nitrogen and oxygen atoms in total. The number of halogens is 1. The molecule has 0 spiro atoms. The van der Waals surface area contributed by atoms with Crippen molar-refractivity contribution in [1.29, 1.82) is 0 Å². The van der Waals surface area contributed by atoms with Crippen LogP contribution in [0.1, 0.15) is 5.56 Å². The zero-order valence-electron chi connectivity index (χ0n) is 11.7. The third-order valence-electron chi connectivity index (χ3n) is 3.74. The van der Waals surface area contributed by atoms with Crippen LogP contribution in [0.25, 0.3) is 33.3 Å². The second kappa shape index (κ2) is 4.75. The van der Waals surface area contributed by atoms with Crippen LogP contribution >= 0.6 is 11.6 Å². The van der Waals surface area contributed by atoms with Gasteiger partial charge in [0.1, 0.15) is 16.9 Å². The fraction of sp³-hybridized carbons (Fsp3) is 0.0556. The zero-order valence-corrected chi connectivity index (χ0v) is 12.5. The van der Waals surface area contributed by atoms with E-state index in [1.807, 2.05) is 19.1 Å². The van der Waals surface area contributed by atoms with Gasteiger partial charge in [-0.3, -0.25) is 4.79 Å². The molecule has 4 heteroatoms. The number of hydrogen-bond acceptors (Lipinski definition) is 3. The smallest absolute Gasteiger partial charge is 0.193 e. The molecule has 4 rings (SSSR count). The molecule has 0 atom stereocenters. The van der Waals surface area contributed by atoms with Crippen molar-refractivity contribution in [3.05, 3.63) is 69.5 Å². The molecule has 4 aromatic rings. The molecular formula is C18H11ClO3. The summed E-state index contributed by atoms with van der Waals surface area (Å²) in [5.41, 5.74) is 2.94. The Morgan fingerprint density at radius 2 is 1.82 bits per heavy atom. The molecule has 0 aliphatic heterocycles. The lowest BCUT2D eigenvalue weighted by Crippen LogP contribution is -2.00. The van der Waals surface area contributed by atoms with Crippen LogP contribution in [0, 0.1) is 6.92 Å². The lowest BCUT2D eigenvalue weighted by Gasteiger charge is -2.04. The highest BCUT2D eigenvalue weighted by Gasteiger charge is 2.13. The Morgan fingerprint density at radius 3 is 2.59 bits per heavy atom. The van der Waals surface area contributed by atoms with Crippen molar-refractivity contribution in [2.75, 3.05) is 0 Å². The maximum atomic E-state index is 12.4. The van der Waals surface area contributed by atoms with E-state index < -0.39 is 0 Å². The number of hydrogen-bond donors (Lipinski definition) is 0. The lowest BCUT2D eigenvalue weighted by molar-refractivity contribution is 0.610. The van der Waals surface area contributed by atoms with Gasteiger partial charge in [-0.25, -0.2) is 0 Å². The third-order valence-corrected chi connectivity index (χ3v) is 4.00. The number of rotatable bonds is 1.